The van der Waals surface area contributed by atoms with Crippen molar-refractivity contribution >= 4 is 43.1 Å². The maximum absolute atomic E-state index is 13.7. The molecule has 0 radical (unpaired) electrons. The van der Waals surface area contributed by atoms with Gasteiger partial charge in [0.15, 0.2) is 15.9 Å². The predicted molar refractivity (Wildman–Crippen MR) is 132 cm³/mol. The van der Waals surface area contributed by atoms with E-state index in [1.807, 2.05) is 30.3 Å². The second kappa shape index (κ2) is 12.7. The summed E-state index contributed by atoms with van der Waals surface area (Å²) >= 11 is 3.46. The molecule has 0 aromatic heterocycles. The second-order valence-corrected chi connectivity index (χ2v) is 11.3. The molecule has 10 heteroatoms. The van der Waals surface area contributed by atoms with Crippen LogP contribution in [-0.4, -0.2) is 43.4 Å². The van der Waals surface area contributed by atoms with E-state index in [1.165, 1.54) is 13.0 Å². The van der Waals surface area contributed by atoms with E-state index in [-0.39, 0.29) is 51.4 Å². The molecule has 1 heterocycles. The quantitative estimate of drug-likeness (QED) is 0.491. The van der Waals surface area contributed by atoms with Crippen LogP contribution in [0.25, 0.3) is 0 Å². The van der Waals surface area contributed by atoms with Crippen molar-refractivity contribution in [2.24, 2.45) is 5.41 Å². The van der Waals surface area contributed by atoms with Crippen LogP contribution in [0, 0.1) is 5.41 Å². The van der Waals surface area contributed by atoms with E-state index >= 15 is 0 Å². The number of hydrogen-bond acceptors (Lipinski definition) is 6. The van der Waals surface area contributed by atoms with Crippen molar-refractivity contribution in [2.75, 3.05) is 17.2 Å². The van der Waals surface area contributed by atoms with Gasteiger partial charge in [-0.2, -0.15) is 0 Å². The Balaban J connectivity index is 0.00000289. The minimum absolute atomic E-state index is 0. The van der Waals surface area contributed by atoms with Gasteiger partial charge in [0.05, 0.1) is 20.8 Å². The first-order valence-corrected chi connectivity index (χ1v) is 13.4. The van der Waals surface area contributed by atoms with Crippen molar-refractivity contribution in [3.8, 4) is 5.75 Å². The fraction of sp³-hybridized carbons (Fsp3) is 0.458. The summed E-state index contributed by atoms with van der Waals surface area (Å²) in [5.74, 6) is -0.875. The van der Waals surface area contributed by atoms with Gasteiger partial charge in [0, 0.05) is 23.7 Å². The zero-order valence-corrected chi connectivity index (χ0v) is 24.5. The smallest absolute Gasteiger partial charge is 0.870 e. The number of ether oxygens (including phenoxy) is 1. The zero-order chi connectivity index (χ0) is 23.5. The molecule has 3 rings (SSSR count). The van der Waals surface area contributed by atoms with Crippen molar-refractivity contribution in [1.29, 1.82) is 0 Å². The standard InChI is InChI=1S/C24H30BrNO5S.Na.H2O/c1-4-6-12-24(5-2)15-26(18-10-8-7-9-11-18)20-13-19(25)21(31-17(3)23(27)28)14-22(20)32(29,30)16-24;;/h7-11,13-14,17H,4-6,12,15-16H2,1-3H3,(H,27,28);;1H2/q;+1;/p-1. The average molecular weight is 564 g/mol. The maximum atomic E-state index is 13.7. The third-order valence-electron chi connectivity index (χ3n) is 6.16. The number of halogens is 1. The van der Waals surface area contributed by atoms with Crippen molar-refractivity contribution < 1.29 is 58.1 Å². The Hall–Kier alpha value is -1.10. The first-order chi connectivity index (χ1) is 15.1. The van der Waals surface area contributed by atoms with E-state index in [9.17, 15) is 18.3 Å². The SMILES string of the molecule is CCCCC1(CC)CN(c2ccccc2)c2cc(Br)c(OC(C)C(=O)O)cc2S(=O)(=O)C1.[Na+].[OH-]. The van der Waals surface area contributed by atoms with Gasteiger partial charge < -0.3 is 20.2 Å². The summed E-state index contributed by atoms with van der Waals surface area (Å²) in [6, 6.07) is 13.0. The molecule has 0 saturated carbocycles. The van der Waals surface area contributed by atoms with Crippen molar-refractivity contribution in [1.82, 2.24) is 0 Å². The monoisotopic (exact) mass is 563 g/mol. The van der Waals surface area contributed by atoms with Gasteiger partial charge >= 0.3 is 35.5 Å². The number of fused-ring (bicyclic) bond motifs is 1. The molecule has 182 valence electrons. The molecule has 0 bridgehead atoms. The molecule has 2 N–H and O–H groups in total. The Morgan fingerprint density at radius 2 is 1.88 bits per heavy atom. The third-order valence-corrected chi connectivity index (χ3v) is 8.77. The fourth-order valence-corrected chi connectivity index (χ4v) is 6.80. The van der Waals surface area contributed by atoms with E-state index in [1.54, 1.807) is 6.07 Å². The zero-order valence-electron chi connectivity index (χ0n) is 20.1. The van der Waals surface area contributed by atoms with E-state index in [2.05, 4.69) is 34.7 Å². The molecular formula is C24H31BrNNaO6S. The molecule has 2 atom stereocenters. The van der Waals surface area contributed by atoms with Crippen LogP contribution in [0.1, 0.15) is 46.5 Å². The molecule has 1 aliphatic heterocycles. The number of aliphatic carboxylic acids is 1. The topological polar surface area (TPSA) is 114 Å². The van der Waals surface area contributed by atoms with Crippen LogP contribution < -0.4 is 39.2 Å². The van der Waals surface area contributed by atoms with Crippen LogP contribution in [0.15, 0.2) is 51.8 Å². The Kier molecular flexibility index (Phi) is 11.6. The first-order valence-electron chi connectivity index (χ1n) is 10.9. The van der Waals surface area contributed by atoms with Gasteiger partial charge in [0.25, 0.3) is 0 Å². The summed E-state index contributed by atoms with van der Waals surface area (Å²) in [5.41, 5.74) is 1.09. The second-order valence-electron chi connectivity index (χ2n) is 8.49. The van der Waals surface area contributed by atoms with Crippen LogP contribution in [-0.2, 0) is 14.6 Å². The fourth-order valence-electron chi connectivity index (χ4n) is 4.19. The molecule has 1 aliphatic rings. The summed E-state index contributed by atoms with van der Waals surface area (Å²) < 4.78 is 33.4. The molecule has 2 unspecified atom stereocenters. The Bertz CT molecular complexity index is 1080. The molecule has 0 saturated heterocycles. The molecule has 7 nitrogen and oxygen atoms in total. The van der Waals surface area contributed by atoms with E-state index in [0.717, 1.165) is 31.4 Å². The van der Waals surface area contributed by atoms with E-state index in [4.69, 9.17) is 4.74 Å². The van der Waals surface area contributed by atoms with Crippen LogP contribution in [0.3, 0.4) is 0 Å². The summed E-state index contributed by atoms with van der Waals surface area (Å²) in [6.07, 6.45) is 2.40. The first kappa shape index (κ1) is 30.9. The van der Waals surface area contributed by atoms with Crippen LogP contribution in [0.4, 0.5) is 11.4 Å². The van der Waals surface area contributed by atoms with Crippen molar-refractivity contribution in [3.05, 3.63) is 46.9 Å². The molecule has 0 aliphatic carbocycles. The number of benzene rings is 2. The normalized spacial score (nSPS) is 19.6. The number of sulfone groups is 1. The Morgan fingerprint density at radius 1 is 1.24 bits per heavy atom. The van der Waals surface area contributed by atoms with Crippen molar-refractivity contribution in [3.63, 3.8) is 0 Å². The van der Waals surface area contributed by atoms with Crippen molar-refractivity contribution in [2.45, 2.75) is 57.5 Å². The maximum Gasteiger partial charge on any atom is 1.00 e. The number of rotatable bonds is 8. The summed E-state index contributed by atoms with van der Waals surface area (Å²) in [5, 5.41) is 9.23. The van der Waals surface area contributed by atoms with Crippen LogP contribution in [0.5, 0.6) is 5.75 Å². The number of carboxylic acid groups (broad SMARTS) is 1. The number of anilines is 2. The van der Waals surface area contributed by atoms with Gasteiger partial charge in [0.1, 0.15) is 5.75 Å². The molecule has 34 heavy (non-hydrogen) atoms. The van der Waals surface area contributed by atoms with Crippen LogP contribution >= 0.6 is 15.9 Å². The van der Waals surface area contributed by atoms with Gasteiger partial charge in [-0.25, -0.2) is 13.2 Å². The molecule has 0 spiro atoms. The molecular weight excluding hydrogens is 533 g/mol. The average Bonchev–Trinajstić information content (AvgIpc) is 2.85. The molecule has 0 fully saturated rings. The minimum atomic E-state index is -3.65. The van der Waals surface area contributed by atoms with Crippen LogP contribution in [0.2, 0.25) is 0 Å². The number of unbranched alkanes of at least 4 members (excludes halogenated alkanes) is 1. The number of carbonyl (C=O) groups is 1. The van der Waals surface area contributed by atoms with E-state index < -0.39 is 27.3 Å². The number of carboxylic acids is 1. The van der Waals surface area contributed by atoms with Gasteiger partial charge in [-0.3, -0.25) is 0 Å². The number of para-hydroxylation sites is 1. The van der Waals surface area contributed by atoms with E-state index in [0.29, 0.717) is 16.7 Å². The third kappa shape index (κ3) is 6.77. The molecule has 2 aromatic carbocycles. The summed E-state index contributed by atoms with van der Waals surface area (Å²) in [6.45, 7) is 6.17. The van der Waals surface area contributed by atoms with Gasteiger partial charge in [-0.1, -0.05) is 44.9 Å². The van der Waals surface area contributed by atoms with Gasteiger partial charge in [-0.05, 0) is 53.9 Å². The van der Waals surface area contributed by atoms with Gasteiger partial charge in [0.2, 0.25) is 0 Å². The number of nitrogens with zero attached hydrogens (tertiary/aromatic N) is 1. The predicted octanol–water partition coefficient (Wildman–Crippen LogP) is 2.64. The minimum Gasteiger partial charge on any atom is -0.870 e. The summed E-state index contributed by atoms with van der Waals surface area (Å²) in [4.78, 5) is 13.5. The Labute approximate surface area is 232 Å². The number of hydrogen-bond donors (Lipinski definition) is 1. The Morgan fingerprint density at radius 3 is 2.44 bits per heavy atom. The van der Waals surface area contributed by atoms with Gasteiger partial charge in [-0.15, -0.1) is 0 Å². The molecule has 0 amide bonds. The molecule has 2 aromatic rings. The largest absolute Gasteiger partial charge is 1.00 e. The summed E-state index contributed by atoms with van der Waals surface area (Å²) in [7, 11) is -3.65.